The Bertz CT molecular complexity index is 1170. The van der Waals surface area contributed by atoms with Crippen LogP contribution in [0.25, 0.3) is 22.2 Å². The highest BCUT2D eigenvalue weighted by Gasteiger charge is 2.19. The maximum Gasteiger partial charge on any atom is 0.283 e. The van der Waals surface area contributed by atoms with Gasteiger partial charge >= 0.3 is 0 Å². The molecule has 0 saturated heterocycles. The standard InChI is InChI=1S/C23H25N5O2/c1-3-12-27-15-19(18-6-4-5-7-21(18)27)20-13-22(23(29)25-24)28(26-20)14-16-8-10-17(30-2)11-9-16/h4-11,13,15H,3,12,14,24H2,1-2H3,(H,25,29). The van der Waals surface area contributed by atoms with E-state index in [1.54, 1.807) is 17.9 Å². The van der Waals surface area contributed by atoms with E-state index >= 15 is 0 Å². The predicted octanol–water partition coefficient (Wildman–Crippen LogP) is 3.58. The average Bonchev–Trinajstić information content (AvgIpc) is 3.36. The Morgan fingerprint density at radius 2 is 1.93 bits per heavy atom. The first kappa shape index (κ1) is 19.7. The maximum absolute atomic E-state index is 12.4. The highest BCUT2D eigenvalue weighted by atomic mass is 16.5. The lowest BCUT2D eigenvalue weighted by atomic mass is 10.1. The number of para-hydroxylation sites is 1. The average molecular weight is 403 g/mol. The lowest BCUT2D eigenvalue weighted by Gasteiger charge is -2.07. The monoisotopic (exact) mass is 403 g/mol. The molecule has 3 N–H and O–H groups in total. The van der Waals surface area contributed by atoms with Crippen LogP contribution < -0.4 is 16.0 Å². The van der Waals surface area contributed by atoms with Crippen molar-refractivity contribution in [2.24, 2.45) is 5.84 Å². The van der Waals surface area contributed by atoms with Crippen LogP contribution in [0.3, 0.4) is 0 Å². The Morgan fingerprint density at radius 3 is 2.63 bits per heavy atom. The van der Waals surface area contributed by atoms with Gasteiger partial charge in [-0.1, -0.05) is 37.3 Å². The molecule has 0 radical (unpaired) electrons. The summed E-state index contributed by atoms with van der Waals surface area (Å²) < 4.78 is 9.14. The highest BCUT2D eigenvalue weighted by molar-refractivity contribution is 5.98. The smallest absolute Gasteiger partial charge is 0.283 e. The van der Waals surface area contributed by atoms with Gasteiger partial charge in [-0.25, -0.2) is 5.84 Å². The van der Waals surface area contributed by atoms with Crippen LogP contribution >= 0.6 is 0 Å². The van der Waals surface area contributed by atoms with Gasteiger partial charge in [-0.2, -0.15) is 5.10 Å². The number of amides is 1. The van der Waals surface area contributed by atoms with Crippen molar-refractivity contribution in [1.29, 1.82) is 0 Å². The van der Waals surface area contributed by atoms with Crippen molar-refractivity contribution >= 4 is 16.8 Å². The van der Waals surface area contributed by atoms with Crippen molar-refractivity contribution in [1.82, 2.24) is 19.8 Å². The van der Waals surface area contributed by atoms with E-state index in [9.17, 15) is 4.79 Å². The fourth-order valence-electron chi connectivity index (χ4n) is 3.71. The molecule has 0 bridgehead atoms. The number of aromatic nitrogens is 3. The van der Waals surface area contributed by atoms with E-state index in [0.29, 0.717) is 12.2 Å². The fourth-order valence-corrected chi connectivity index (χ4v) is 3.71. The molecule has 2 aromatic carbocycles. The van der Waals surface area contributed by atoms with E-state index in [-0.39, 0.29) is 5.91 Å². The Morgan fingerprint density at radius 1 is 1.17 bits per heavy atom. The van der Waals surface area contributed by atoms with Gasteiger partial charge in [-0.3, -0.25) is 14.9 Å². The van der Waals surface area contributed by atoms with E-state index in [0.717, 1.165) is 46.4 Å². The topological polar surface area (TPSA) is 87.1 Å². The second kappa shape index (κ2) is 8.42. The number of carbonyl (C=O) groups excluding carboxylic acids is 1. The number of benzene rings is 2. The summed E-state index contributed by atoms with van der Waals surface area (Å²) in [6.45, 7) is 3.52. The van der Waals surface area contributed by atoms with Crippen molar-refractivity contribution in [3.63, 3.8) is 0 Å². The van der Waals surface area contributed by atoms with Crippen molar-refractivity contribution in [3.8, 4) is 17.0 Å². The lowest BCUT2D eigenvalue weighted by Crippen LogP contribution is -2.32. The molecule has 7 heteroatoms. The third-order valence-corrected chi connectivity index (χ3v) is 5.16. The third kappa shape index (κ3) is 3.67. The van der Waals surface area contributed by atoms with Gasteiger partial charge in [0.1, 0.15) is 11.4 Å². The summed E-state index contributed by atoms with van der Waals surface area (Å²) in [4.78, 5) is 12.4. The second-order valence-corrected chi connectivity index (χ2v) is 7.15. The molecule has 0 atom stereocenters. The molecule has 0 aliphatic carbocycles. The highest BCUT2D eigenvalue weighted by Crippen LogP contribution is 2.31. The van der Waals surface area contributed by atoms with Gasteiger partial charge in [0.25, 0.3) is 5.91 Å². The number of nitrogens with zero attached hydrogens (tertiary/aromatic N) is 3. The van der Waals surface area contributed by atoms with Gasteiger partial charge in [0.2, 0.25) is 0 Å². The van der Waals surface area contributed by atoms with E-state index in [2.05, 4.69) is 35.2 Å². The predicted molar refractivity (Wildman–Crippen MR) is 117 cm³/mol. The molecule has 2 heterocycles. The number of rotatable bonds is 7. The number of hydrogen-bond donors (Lipinski definition) is 2. The minimum atomic E-state index is -0.375. The molecule has 0 fully saturated rings. The van der Waals surface area contributed by atoms with Gasteiger partial charge < -0.3 is 9.30 Å². The van der Waals surface area contributed by atoms with Crippen molar-refractivity contribution in [2.45, 2.75) is 26.4 Å². The Hall–Kier alpha value is -3.58. The van der Waals surface area contributed by atoms with Gasteiger partial charge in [0, 0.05) is 29.2 Å². The number of hydrazine groups is 1. The molecule has 4 rings (SSSR count). The Balaban J connectivity index is 1.78. The molecule has 0 aliphatic rings. The van der Waals surface area contributed by atoms with Gasteiger partial charge in [-0.15, -0.1) is 0 Å². The zero-order valence-corrected chi connectivity index (χ0v) is 17.1. The molecule has 0 saturated carbocycles. The molecule has 0 aliphatic heterocycles. The summed E-state index contributed by atoms with van der Waals surface area (Å²) in [7, 11) is 1.63. The first-order valence-electron chi connectivity index (χ1n) is 9.94. The molecule has 7 nitrogen and oxygen atoms in total. The molecule has 154 valence electrons. The molecule has 1 amide bonds. The van der Waals surface area contributed by atoms with E-state index in [1.165, 1.54) is 0 Å². The third-order valence-electron chi connectivity index (χ3n) is 5.16. The number of hydrogen-bond acceptors (Lipinski definition) is 4. The van der Waals surface area contributed by atoms with Gasteiger partial charge in [0.05, 0.1) is 19.3 Å². The maximum atomic E-state index is 12.4. The molecule has 0 unspecified atom stereocenters. The van der Waals surface area contributed by atoms with Crippen LogP contribution in [0.15, 0.2) is 60.8 Å². The number of nitrogens with one attached hydrogen (secondary N) is 1. The summed E-state index contributed by atoms with van der Waals surface area (Å²) in [5.74, 6) is 5.83. The number of aryl methyl sites for hydroxylation is 1. The number of fused-ring (bicyclic) bond motifs is 1. The number of carbonyl (C=O) groups is 1. The summed E-state index contributed by atoms with van der Waals surface area (Å²) >= 11 is 0. The number of ether oxygens (including phenoxy) is 1. The van der Waals surface area contributed by atoms with Crippen molar-refractivity contribution < 1.29 is 9.53 Å². The van der Waals surface area contributed by atoms with Crippen LogP contribution in [0.5, 0.6) is 5.75 Å². The minimum absolute atomic E-state index is 0.375. The summed E-state index contributed by atoms with van der Waals surface area (Å²) in [5, 5.41) is 5.88. The van der Waals surface area contributed by atoms with E-state index in [1.807, 2.05) is 36.4 Å². The summed E-state index contributed by atoms with van der Waals surface area (Å²) in [5.41, 5.74) is 6.54. The molecule has 0 spiro atoms. The van der Waals surface area contributed by atoms with Crippen LogP contribution in [0.2, 0.25) is 0 Å². The van der Waals surface area contributed by atoms with Crippen LogP contribution in [-0.2, 0) is 13.1 Å². The van der Waals surface area contributed by atoms with Crippen LogP contribution in [0, 0.1) is 0 Å². The van der Waals surface area contributed by atoms with E-state index in [4.69, 9.17) is 15.7 Å². The van der Waals surface area contributed by atoms with Crippen LogP contribution in [0.1, 0.15) is 29.4 Å². The minimum Gasteiger partial charge on any atom is -0.497 e. The SMILES string of the molecule is CCCn1cc(-c2cc(C(=O)NN)n(Cc3ccc(OC)cc3)n2)c2ccccc21. The van der Waals surface area contributed by atoms with Crippen molar-refractivity contribution in [3.05, 3.63) is 72.1 Å². The number of nitrogens with two attached hydrogens (primary N) is 1. The fraction of sp³-hybridized carbons (Fsp3) is 0.217. The Labute approximate surface area is 175 Å². The molecule has 30 heavy (non-hydrogen) atoms. The lowest BCUT2D eigenvalue weighted by molar-refractivity contribution is 0.0943. The van der Waals surface area contributed by atoms with Crippen LogP contribution in [0.4, 0.5) is 0 Å². The number of methoxy groups -OCH3 is 1. The Kier molecular flexibility index (Phi) is 5.54. The summed E-state index contributed by atoms with van der Waals surface area (Å²) in [6.07, 6.45) is 3.14. The molecule has 4 aromatic rings. The van der Waals surface area contributed by atoms with Gasteiger partial charge in [0.15, 0.2) is 0 Å². The second-order valence-electron chi connectivity index (χ2n) is 7.15. The summed E-state index contributed by atoms with van der Waals surface area (Å²) in [6, 6.07) is 17.7. The zero-order chi connectivity index (χ0) is 21.1. The quantitative estimate of drug-likeness (QED) is 0.281. The molecular formula is C23H25N5O2. The number of nitrogen functional groups attached to an aromatic ring is 1. The van der Waals surface area contributed by atoms with Gasteiger partial charge in [-0.05, 0) is 36.2 Å². The first-order valence-corrected chi connectivity index (χ1v) is 9.94. The van der Waals surface area contributed by atoms with E-state index < -0.39 is 0 Å². The molecular weight excluding hydrogens is 378 g/mol. The molecule has 2 aromatic heterocycles. The first-order chi connectivity index (χ1) is 14.6. The van der Waals surface area contributed by atoms with Crippen LogP contribution in [-0.4, -0.2) is 27.4 Å². The largest absolute Gasteiger partial charge is 0.497 e. The zero-order valence-electron chi connectivity index (χ0n) is 17.1. The normalized spacial score (nSPS) is 11.0. The van der Waals surface area contributed by atoms with Crippen molar-refractivity contribution in [2.75, 3.05) is 7.11 Å².